The summed E-state index contributed by atoms with van der Waals surface area (Å²) in [6.07, 6.45) is 1.98. The highest BCUT2D eigenvalue weighted by Crippen LogP contribution is 2.33. The molecule has 0 spiro atoms. The van der Waals surface area contributed by atoms with Gasteiger partial charge in [0, 0.05) is 24.5 Å². The van der Waals surface area contributed by atoms with Crippen molar-refractivity contribution in [1.82, 2.24) is 5.32 Å². The number of nitrogens with two attached hydrogens (primary N) is 1. The van der Waals surface area contributed by atoms with Crippen LogP contribution in [0.15, 0.2) is 36.4 Å². The molecule has 4 rings (SSSR count). The molecule has 7 heteroatoms. The van der Waals surface area contributed by atoms with Crippen molar-refractivity contribution in [2.24, 2.45) is 0 Å². The Balaban J connectivity index is 0.00000196. The Kier molecular flexibility index (Phi) is 5.42. The van der Waals surface area contributed by atoms with Gasteiger partial charge in [0.2, 0.25) is 12.7 Å². The lowest BCUT2D eigenvalue weighted by molar-refractivity contribution is -0.119. The summed E-state index contributed by atoms with van der Waals surface area (Å²) in [6, 6.07) is 11.6. The highest BCUT2D eigenvalue weighted by Gasteiger charge is 2.20. The van der Waals surface area contributed by atoms with Gasteiger partial charge in [-0.3, -0.25) is 4.79 Å². The molecule has 0 aromatic heterocycles. The Labute approximate surface area is 158 Å². The quantitative estimate of drug-likeness (QED) is 0.803. The lowest BCUT2D eigenvalue weighted by Gasteiger charge is -2.31. The minimum Gasteiger partial charge on any atom is -0.454 e. The van der Waals surface area contributed by atoms with E-state index >= 15 is 0 Å². The Morgan fingerprint density at radius 2 is 2.04 bits per heavy atom. The molecule has 2 aromatic carbocycles. The molecular formula is C19H22ClN3O3. The molecule has 0 fully saturated rings. The van der Waals surface area contributed by atoms with Crippen LogP contribution in [-0.2, 0) is 17.8 Å². The van der Waals surface area contributed by atoms with Gasteiger partial charge in [0.15, 0.2) is 11.5 Å². The van der Waals surface area contributed by atoms with Crippen LogP contribution in [0.4, 0.5) is 11.4 Å². The van der Waals surface area contributed by atoms with Gasteiger partial charge in [-0.05, 0) is 48.2 Å². The minimum absolute atomic E-state index is 0. The SMILES string of the molecule is Cl.Nc1cccc2c1CCCN2CC(=O)NCc1ccc2c(c1)OCO2. The van der Waals surface area contributed by atoms with Crippen LogP contribution < -0.4 is 25.4 Å². The molecule has 6 nitrogen and oxygen atoms in total. The van der Waals surface area contributed by atoms with Gasteiger partial charge in [-0.15, -0.1) is 12.4 Å². The number of benzene rings is 2. The van der Waals surface area contributed by atoms with E-state index in [0.717, 1.165) is 53.4 Å². The number of hydrogen-bond acceptors (Lipinski definition) is 5. The Bertz CT molecular complexity index is 813. The van der Waals surface area contributed by atoms with Gasteiger partial charge in [-0.25, -0.2) is 0 Å². The first-order valence-electron chi connectivity index (χ1n) is 8.48. The number of hydrogen-bond donors (Lipinski definition) is 2. The van der Waals surface area contributed by atoms with E-state index in [9.17, 15) is 4.79 Å². The number of anilines is 2. The van der Waals surface area contributed by atoms with Gasteiger partial charge < -0.3 is 25.4 Å². The van der Waals surface area contributed by atoms with Crippen molar-refractivity contribution in [3.05, 3.63) is 47.5 Å². The van der Waals surface area contributed by atoms with Crippen molar-refractivity contribution < 1.29 is 14.3 Å². The summed E-state index contributed by atoms with van der Waals surface area (Å²) in [5, 5.41) is 2.97. The zero-order chi connectivity index (χ0) is 17.2. The molecule has 0 unspecified atom stereocenters. The molecule has 138 valence electrons. The number of nitrogens with zero attached hydrogens (tertiary/aromatic N) is 1. The molecule has 2 aromatic rings. The molecule has 2 aliphatic heterocycles. The predicted octanol–water partition coefficient (Wildman–Crippen LogP) is 2.49. The third-order valence-electron chi connectivity index (χ3n) is 4.64. The van der Waals surface area contributed by atoms with E-state index in [1.165, 1.54) is 0 Å². The predicted molar refractivity (Wildman–Crippen MR) is 103 cm³/mol. The number of carbonyl (C=O) groups excluding carboxylic acids is 1. The first-order valence-corrected chi connectivity index (χ1v) is 8.48. The first-order chi connectivity index (χ1) is 12.2. The van der Waals surface area contributed by atoms with Crippen LogP contribution in [0.25, 0.3) is 0 Å². The molecule has 0 radical (unpaired) electrons. The van der Waals surface area contributed by atoms with Crippen LogP contribution in [0.5, 0.6) is 11.5 Å². The Hall–Kier alpha value is -2.60. The number of carbonyl (C=O) groups is 1. The number of rotatable bonds is 4. The third kappa shape index (κ3) is 3.65. The normalized spacial score (nSPS) is 14.4. The van der Waals surface area contributed by atoms with Crippen molar-refractivity contribution in [2.75, 3.05) is 30.5 Å². The van der Waals surface area contributed by atoms with Crippen LogP contribution in [-0.4, -0.2) is 25.8 Å². The monoisotopic (exact) mass is 375 g/mol. The minimum atomic E-state index is -0.00654. The summed E-state index contributed by atoms with van der Waals surface area (Å²) < 4.78 is 10.7. The largest absolute Gasteiger partial charge is 0.454 e. The molecule has 0 saturated carbocycles. The van der Waals surface area contributed by atoms with Crippen molar-refractivity contribution >= 4 is 29.7 Å². The number of ether oxygens (including phenoxy) is 2. The zero-order valence-corrected chi connectivity index (χ0v) is 15.2. The Morgan fingerprint density at radius 3 is 2.92 bits per heavy atom. The summed E-state index contributed by atoms with van der Waals surface area (Å²) in [5.74, 6) is 1.47. The average Bonchev–Trinajstić information content (AvgIpc) is 3.09. The van der Waals surface area contributed by atoms with E-state index in [-0.39, 0.29) is 25.1 Å². The average molecular weight is 376 g/mol. The second-order valence-electron chi connectivity index (χ2n) is 6.33. The van der Waals surface area contributed by atoms with Gasteiger partial charge in [-0.2, -0.15) is 0 Å². The van der Waals surface area contributed by atoms with Gasteiger partial charge in [0.1, 0.15) is 0 Å². The standard InChI is InChI=1S/C19H21N3O3.ClH/c20-15-4-1-5-16-14(15)3-2-8-22(16)11-19(23)21-10-13-6-7-17-18(9-13)25-12-24-17;/h1,4-7,9H,2-3,8,10-12,20H2,(H,21,23);1H. The number of amides is 1. The van der Waals surface area contributed by atoms with E-state index < -0.39 is 0 Å². The van der Waals surface area contributed by atoms with Gasteiger partial charge in [0.05, 0.1) is 6.54 Å². The highest BCUT2D eigenvalue weighted by atomic mass is 35.5. The molecule has 0 saturated heterocycles. The second-order valence-corrected chi connectivity index (χ2v) is 6.33. The number of halogens is 1. The van der Waals surface area contributed by atoms with E-state index in [0.29, 0.717) is 13.1 Å². The lowest BCUT2D eigenvalue weighted by Crippen LogP contribution is -2.39. The fourth-order valence-corrected chi connectivity index (χ4v) is 3.37. The molecule has 0 atom stereocenters. The van der Waals surface area contributed by atoms with Crippen LogP contribution >= 0.6 is 12.4 Å². The molecule has 3 N–H and O–H groups in total. The molecule has 0 aliphatic carbocycles. The Morgan fingerprint density at radius 1 is 1.19 bits per heavy atom. The van der Waals surface area contributed by atoms with Crippen LogP contribution in [0.1, 0.15) is 17.5 Å². The van der Waals surface area contributed by atoms with Gasteiger partial charge in [0.25, 0.3) is 0 Å². The molecule has 2 heterocycles. The summed E-state index contributed by atoms with van der Waals surface area (Å²) in [4.78, 5) is 14.5. The molecule has 0 bridgehead atoms. The zero-order valence-electron chi connectivity index (χ0n) is 14.4. The number of nitrogen functional groups attached to an aromatic ring is 1. The van der Waals surface area contributed by atoms with Crippen molar-refractivity contribution in [1.29, 1.82) is 0 Å². The van der Waals surface area contributed by atoms with Gasteiger partial charge in [-0.1, -0.05) is 12.1 Å². The third-order valence-corrected chi connectivity index (χ3v) is 4.64. The van der Waals surface area contributed by atoms with Crippen molar-refractivity contribution in [3.63, 3.8) is 0 Å². The molecule has 2 aliphatic rings. The van der Waals surface area contributed by atoms with Gasteiger partial charge >= 0.3 is 0 Å². The second kappa shape index (κ2) is 7.74. The number of nitrogens with one attached hydrogen (secondary N) is 1. The van der Waals surface area contributed by atoms with Crippen LogP contribution in [0.2, 0.25) is 0 Å². The van der Waals surface area contributed by atoms with Crippen molar-refractivity contribution in [2.45, 2.75) is 19.4 Å². The maximum Gasteiger partial charge on any atom is 0.239 e. The fourth-order valence-electron chi connectivity index (χ4n) is 3.37. The number of fused-ring (bicyclic) bond motifs is 2. The van der Waals surface area contributed by atoms with E-state index in [4.69, 9.17) is 15.2 Å². The summed E-state index contributed by atoms with van der Waals surface area (Å²) >= 11 is 0. The summed E-state index contributed by atoms with van der Waals surface area (Å²) in [5.41, 5.74) is 10.1. The van der Waals surface area contributed by atoms with Crippen molar-refractivity contribution in [3.8, 4) is 11.5 Å². The molecule has 26 heavy (non-hydrogen) atoms. The summed E-state index contributed by atoms with van der Waals surface area (Å²) in [6.45, 7) is 1.92. The fraction of sp³-hybridized carbons (Fsp3) is 0.316. The van der Waals surface area contributed by atoms with E-state index in [1.807, 2.05) is 36.4 Å². The maximum absolute atomic E-state index is 12.4. The maximum atomic E-state index is 12.4. The highest BCUT2D eigenvalue weighted by molar-refractivity contribution is 5.85. The first kappa shape index (κ1) is 18.2. The van der Waals surface area contributed by atoms with Crippen LogP contribution in [0, 0.1) is 0 Å². The smallest absolute Gasteiger partial charge is 0.239 e. The lowest BCUT2D eigenvalue weighted by atomic mass is 10.00. The van der Waals surface area contributed by atoms with E-state index in [2.05, 4.69) is 10.2 Å². The topological polar surface area (TPSA) is 76.8 Å². The molecular weight excluding hydrogens is 354 g/mol. The van der Waals surface area contributed by atoms with E-state index in [1.54, 1.807) is 0 Å². The summed E-state index contributed by atoms with van der Waals surface area (Å²) in [7, 11) is 0. The molecule has 1 amide bonds. The van der Waals surface area contributed by atoms with Crippen LogP contribution in [0.3, 0.4) is 0 Å².